The molecule has 2 saturated carbocycles. The predicted octanol–water partition coefficient (Wildman–Crippen LogP) is 2.68. The molecule has 10 atom stereocenters. The summed E-state index contributed by atoms with van der Waals surface area (Å²) in [4.78, 5) is 53.0. The van der Waals surface area contributed by atoms with Crippen molar-refractivity contribution >= 4 is 23.7 Å². The smallest absolute Gasteiger partial charge is 0.339 e. The highest BCUT2D eigenvalue weighted by molar-refractivity contribution is 5.97. The number of cyclic esters (lactones) is 2. The van der Waals surface area contributed by atoms with Gasteiger partial charge in [-0.3, -0.25) is 14.4 Å². The Morgan fingerprint density at radius 3 is 2.53 bits per heavy atom. The average Bonchev–Trinajstić information content (AvgIpc) is 3.31. The van der Waals surface area contributed by atoms with E-state index in [0.717, 1.165) is 0 Å². The first-order valence-corrected chi connectivity index (χ1v) is 13.3. The van der Waals surface area contributed by atoms with Gasteiger partial charge in [0.25, 0.3) is 0 Å². The maximum Gasteiger partial charge on any atom is 0.339 e. The summed E-state index contributed by atoms with van der Waals surface area (Å²) >= 11 is 0. The van der Waals surface area contributed by atoms with Crippen LogP contribution in [0.4, 0.5) is 0 Å². The summed E-state index contributed by atoms with van der Waals surface area (Å²) in [5, 5.41) is 0. The van der Waals surface area contributed by atoms with Gasteiger partial charge in [0.15, 0.2) is 18.0 Å². The summed E-state index contributed by atoms with van der Waals surface area (Å²) in [6.07, 6.45) is 0.994. The van der Waals surface area contributed by atoms with Crippen LogP contribution in [-0.2, 0) is 42.9 Å². The van der Waals surface area contributed by atoms with E-state index in [9.17, 15) is 19.2 Å². The maximum atomic E-state index is 14.8. The molecular formula is C28H32O10. The molecule has 1 aromatic heterocycles. The molecule has 10 heteroatoms. The molecule has 1 aromatic rings. The second kappa shape index (κ2) is 7.07. The third-order valence-electron chi connectivity index (χ3n) is 11.0. The van der Waals surface area contributed by atoms with Gasteiger partial charge in [-0.15, -0.1) is 0 Å². The molecule has 6 fully saturated rings. The van der Waals surface area contributed by atoms with Crippen molar-refractivity contribution < 1.29 is 47.3 Å². The van der Waals surface area contributed by atoms with E-state index in [4.69, 9.17) is 28.1 Å². The van der Waals surface area contributed by atoms with Crippen LogP contribution in [0.1, 0.15) is 65.5 Å². The molecule has 0 bridgehead atoms. The third kappa shape index (κ3) is 2.48. The number of fused-ring (bicyclic) bond motifs is 1. The van der Waals surface area contributed by atoms with E-state index >= 15 is 0 Å². The molecule has 0 radical (unpaired) electrons. The van der Waals surface area contributed by atoms with Crippen molar-refractivity contribution in [2.24, 2.45) is 28.1 Å². The van der Waals surface area contributed by atoms with Gasteiger partial charge in [0.1, 0.15) is 18.3 Å². The molecule has 6 aliphatic rings. The minimum absolute atomic E-state index is 0.0434. The number of carbonyl (C=O) groups excluding carboxylic acids is 4. The van der Waals surface area contributed by atoms with Crippen LogP contribution in [-0.4, -0.2) is 59.8 Å². The Morgan fingerprint density at radius 2 is 1.84 bits per heavy atom. The lowest BCUT2D eigenvalue weighted by Crippen LogP contribution is -2.76. The summed E-state index contributed by atoms with van der Waals surface area (Å²) in [5.74, 6) is -2.65. The monoisotopic (exact) mass is 528 g/mol. The van der Waals surface area contributed by atoms with Crippen LogP contribution in [0.15, 0.2) is 23.0 Å². The minimum atomic E-state index is -1.26. The number of ether oxygens (including phenoxy) is 5. The van der Waals surface area contributed by atoms with E-state index in [1.54, 1.807) is 12.3 Å². The number of Topliss-reactive ketones (excluding diaryl/α,β-unsaturated/α-hetero) is 1. The summed E-state index contributed by atoms with van der Waals surface area (Å²) in [6, 6.07) is 1.76. The Balaban J connectivity index is 1.45. The molecule has 7 rings (SSSR count). The first kappa shape index (κ1) is 24.3. The molecule has 0 amide bonds. The molecule has 204 valence electrons. The van der Waals surface area contributed by atoms with Crippen LogP contribution in [0.3, 0.4) is 0 Å². The normalized spacial score (nSPS) is 49.9. The molecule has 10 nitrogen and oxygen atoms in total. The number of hydrogen-bond acceptors (Lipinski definition) is 10. The highest BCUT2D eigenvalue weighted by Gasteiger charge is 2.91. The molecular weight excluding hydrogens is 496 g/mol. The van der Waals surface area contributed by atoms with Crippen molar-refractivity contribution in [3.05, 3.63) is 24.2 Å². The van der Waals surface area contributed by atoms with Gasteiger partial charge in [-0.05, 0) is 45.6 Å². The fraction of sp³-hybridized carbons (Fsp3) is 0.714. The summed E-state index contributed by atoms with van der Waals surface area (Å²) in [7, 11) is 0. The molecule has 5 heterocycles. The maximum absolute atomic E-state index is 14.8. The van der Waals surface area contributed by atoms with Gasteiger partial charge in [-0.2, -0.15) is 0 Å². The highest BCUT2D eigenvalue weighted by Crippen LogP contribution is 2.79. The molecule has 38 heavy (non-hydrogen) atoms. The Hall–Kier alpha value is -2.72. The molecule has 2 aliphatic carbocycles. The fourth-order valence-corrected chi connectivity index (χ4v) is 9.78. The fourth-order valence-electron chi connectivity index (χ4n) is 9.78. The van der Waals surface area contributed by atoms with E-state index in [0.29, 0.717) is 18.4 Å². The van der Waals surface area contributed by atoms with Crippen LogP contribution in [0.2, 0.25) is 0 Å². The van der Waals surface area contributed by atoms with Crippen molar-refractivity contribution in [3.8, 4) is 0 Å². The number of hydrogen-bond donors (Lipinski definition) is 0. The second-order valence-corrected chi connectivity index (χ2v) is 12.9. The average molecular weight is 529 g/mol. The van der Waals surface area contributed by atoms with Crippen LogP contribution < -0.4 is 0 Å². The standard InChI is InChI=1S/C28H32O10/c1-13(29)35-18-19-24(2,3)37-16-10-17(30)34-12-27(16,19)15-6-8-25(4)21(14-7-9-33-11-14)36-23(32)22-28(25,38-22)26(15,5)20(18)31/h7,9,11,15-16,18-19,21-22H,6,8,10,12H2,1-5H3/t15-,16+,18-,19-,21+,22-,25+,26+,27+,28-/m1/s1. The van der Waals surface area contributed by atoms with Gasteiger partial charge in [-0.25, -0.2) is 4.79 Å². The van der Waals surface area contributed by atoms with Crippen molar-refractivity contribution in [2.45, 2.75) is 89.5 Å². The van der Waals surface area contributed by atoms with Gasteiger partial charge in [0.05, 0.1) is 36.1 Å². The molecule has 0 N–H and O–H groups in total. The summed E-state index contributed by atoms with van der Waals surface area (Å²) < 4.78 is 35.7. The number of carbonyl (C=O) groups is 4. The Kier molecular flexibility index (Phi) is 4.53. The Morgan fingerprint density at radius 1 is 1.08 bits per heavy atom. The minimum Gasteiger partial charge on any atom is -0.472 e. The lowest BCUT2D eigenvalue weighted by Gasteiger charge is -2.65. The van der Waals surface area contributed by atoms with Gasteiger partial charge in [-0.1, -0.05) is 6.92 Å². The zero-order valence-electron chi connectivity index (χ0n) is 22.1. The van der Waals surface area contributed by atoms with E-state index in [1.807, 2.05) is 27.7 Å². The quantitative estimate of drug-likeness (QED) is 0.321. The number of esters is 3. The zero-order valence-corrected chi connectivity index (χ0v) is 22.1. The first-order chi connectivity index (χ1) is 17.8. The number of ketones is 1. The Bertz CT molecular complexity index is 1270. The van der Waals surface area contributed by atoms with Gasteiger partial charge in [0, 0.05) is 29.2 Å². The molecule has 0 aromatic carbocycles. The molecule has 4 saturated heterocycles. The Labute approximate surface area is 219 Å². The second-order valence-electron chi connectivity index (χ2n) is 12.9. The first-order valence-electron chi connectivity index (χ1n) is 13.3. The van der Waals surface area contributed by atoms with E-state index in [2.05, 4.69) is 0 Å². The largest absolute Gasteiger partial charge is 0.472 e. The van der Waals surface area contributed by atoms with Gasteiger partial charge >= 0.3 is 17.9 Å². The van der Waals surface area contributed by atoms with Crippen molar-refractivity contribution in [2.75, 3.05) is 6.61 Å². The van der Waals surface area contributed by atoms with E-state index < -0.39 is 69.7 Å². The molecule has 4 aliphatic heterocycles. The SMILES string of the molecule is CC(=O)O[C@H]1C(=O)[C@]2(C)[C@@H](CC[C@@]3(C)[C@H](c4ccoc4)OC(=O)[C@H]4O[C@]432)[C@@]23COC(=O)C[C@@H]2OC(C)(C)[C@@H]13. The lowest BCUT2D eigenvalue weighted by atomic mass is 9.36. The van der Waals surface area contributed by atoms with Crippen molar-refractivity contribution in [3.63, 3.8) is 0 Å². The molecule has 2 spiro atoms. The topological polar surface area (TPSA) is 131 Å². The molecule has 0 unspecified atom stereocenters. The van der Waals surface area contributed by atoms with E-state index in [-0.39, 0.29) is 30.7 Å². The van der Waals surface area contributed by atoms with Crippen LogP contribution in [0, 0.1) is 28.1 Å². The lowest BCUT2D eigenvalue weighted by molar-refractivity contribution is -0.240. The van der Waals surface area contributed by atoms with Crippen LogP contribution in [0.5, 0.6) is 0 Å². The van der Waals surface area contributed by atoms with Crippen molar-refractivity contribution in [1.82, 2.24) is 0 Å². The zero-order chi connectivity index (χ0) is 27.0. The van der Waals surface area contributed by atoms with Crippen LogP contribution in [0.25, 0.3) is 0 Å². The van der Waals surface area contributed by atoms with E-state index in [1.165, 1.54) is 13.2 Å². The number of rotatable bonds is 2. The number of epoxide rings is 1. The predicted molar refractivity (Wildman–Crippen MR) is 125 cm³/mol. The third-order valence-corrected chi connectivity index (χ3v) is 11.0. The van der Waals surface area contributed by atoms with Crippen molar-refractivity contribution in [1.29, 1.82) is 0 Å². The highest BCUT2D eigenvalue weighted by atomic mass is 16.7. The summed E-state index contributed by atoms with van der Waals surface area (Å²) in [5.41, 5.74) is -4.21. The van der Waals surface area contributed by atoms with Gasteiger partial charge in [0.2, 0.25) is 0 Å². The van der Waals surface area contributed by atoms with Crippen LogP contribution >= 0.6 is 0 Å². The summed E-state index contributed by atoms with van der Waals surface area (Å²) in [6.45, 7) is 8.93. The number of furan rings is 1. The van der Waals surface area contributed by atoms with Gasteiger partial charge < -0.3 is 28.1 Å².